The van der Waals surface area contributed by atoms with Crippen LogP contribution in [0.25, 0.3) is 17.0 Å². The Kier molecular flexibility index (Phi) is 2.46. The van der Waals surface area contributed by atoms with E-state index >= 15 is 0 Å². The Hall–Kier alpha value is -2.16. The second-order valence-corrected chi connectivity index (χ2v) is 3.03. The summed E-state index contributed by atoms with van der Waals surface area (Å²) in [6.07, 6.45) is 8.57. The second kappa shape index (κ2) is 3.92. The summed E-state index contributed by atoms with van der Waals surface area (Å²) in [5, 5.41) is 1.04. The second-order valence-electron chi connectivity index (χ2n) is 3.03. The van der Waals surface area contributed by atoms with Crippen LogP contribution in [0, 0.1) is 0 Å². The lowest BCUT2D eigenvalue weighted by Gasteiger charge is -1.91. The molecule has 2 aromatic heterocycles. The Bertz CT molecular complexity index is 535. The van der Waals surface area contributed by atoms with Gasteiger partial charge in [0, 0.05) is 17.8 Å². The first-order valence-electron chi connectivity index (χ1n) is 4.60. The van der Waals surface area contributed by atoms with Crippen molar-refractivity contribution in [2.75, 3.05) is 0 Å². The van der Waals surface area contributed by atoms with Gasteiger partial charge in [-0.15, -0.1) is 0 Å². The van der Waals surface area contributed by atoms with Gasteiger partial charge >= 0.3 is 0 Å². The normalized spacial score (nSPS) is 10.9. The Labute approximate surface area is 87.9 Å². The zero-order chi connectivity index (χ0) is 10.7. The van der Waals surface area contributed by atoms with Crippen molar-refractivity contribution < 1.29 is 0 Å². The van der Waals surface area contributed by atoms with Crippen LogP contribution < -0.4 is 0 Å². The third kappa shape index (κ3) is 1.59. The fourth-order valence-corrected chi connectivity index (χ4v) is 1.46. The Morgan fingerprint density at radius 2 is 2.27 bits per heavy atom. The number of aromatic nitrogens is 2. The van der Waals surface area contributed by atoms with E-state index in [1.54, 1.807) is 30.8 Å². The smallest absolute Gasteiger partial charge is 0.0958 e. The van der Waals surface area contributed by atoms with E-state index in [1.807, 2.05) is 6.07 Å². The zero-order valence-electron chi connectivity index (χ0n) is 8.27. The highest BCUT2D eigenvalue weighted by molar-refractivity contribution is 5.96. The average molecular weight is 197 g/mol. The predicted octanol–water partition coefficient (Wildman–Crippen LogP) is 3.09. The molecule has 1 N–H and O–H groups in total. The van der Waals surface area contributed by atoms with E-state index in [-0.39, 0.29) is 0 Å². The maximum Gasteiger partial charge on any atom is 0.0958 e. The van der Waals surface area contributed by atoms with Crippen molar-refractivity contribution in [1.29, 1.82) is 0 Å². The lowest BCUT2D eigenvalue weighted by atomic mass is 10.2. The van der Waals surface area contributed by atoms with Gasteiger partial charge in [0.15, 0.2) is 0 Å². The summed E-state index contributed by atoms with van der Waals surface area (Å²) in [6, 6.07) is 1.93. The van der Waals surface area contributed by atoms with Crippen LogP contribution in [0.2, 0.25) is 0 Å². The molecule has 0 aliphatic heterocycles. The Morgan fingerprint density at radius 3 is 3.00 bits per heavy atom. The first-order valence-corrected chi connectivity index (χ1v) is 4.60. The van der Waals surface area contributed by atoms with E-state index in [0.717, 1.165) is 22.3 Å². The van der Waals surface area contributed by atoms with Crippen LogP contribution in [-0.2, 0) is 0 Å². The molecule has 3 heteroatoms. The summed E-state index contributed by atoms with van der Waals surface area (Å²) in [5.41, 5.74) is 2.74. The third-order valence-electron chi connectivity index (χ3n) is 2.11. The molecule has 2 aromatic rings. The molecule has 0 bridgehead atoms. The van der Waals surface area contributed by atoms with Crippen LogP contribution in [0.3, 0.4) is 0 Å². The molecule has 74 valence electrons. The zero-order valence-corrected chi connectivity index (χ0v) is 8.27. The van der Waals surface area contributed by atoms with Gasteiger partial charge in [-0.3, -0.25) is 9.98 Å². The molecule has 0 fully saturated rings. The van der Waals surface area contributed by atoms with Crippen molar-refractivity contribution in [3.8, 4) is 0 Å². The molecule has 0 spiro atoms. The van der Waals surface area contributed by atoms with Gasteiger partial charge in [-0.05, 0) is 12.1 Å². The van der Waals surface area contributed by atoms with Crippen LogP contribution in [-0.4, -0.2) is 16.2 Å². The number of nitrogens with zero attached hydrogens (tertiary/aromatic N) is 2. The number of aromatic amines is 1. The molecule has 0 unspecified atom stereocenters. The standard InChI is InChI=1S/C12H11N3/c1-3-6-14-12-9-5-7-13-8-11(9)15-10(12)4-2/h3-8,15H,1-2H2. The predicted molar refractivity (Wildman–Crippen MR) is 64.5 cm³/mol. The van der Waals surface area contributed by atoms with Crippen molar-refractivity contribution in [3.63, 3.8) is 0 Å². The molecule has 0 amide bonds. The molecule has 0 saturated heterocycles. The molecule has 15 heavy (non-hydrogen) atoms. The Balaban J connectivity index is 2.71. The molecular formula is C12H11N3. The van der Waals surface area contributed by atoms with Crippen molar-refractivity contribution in [1.82, 2.24) is 9.97 Å². The summed E-state index contributed by atoms with van der Waals surface area (Å²) in [6.45, 7) is 7.34. The van der Waals surface area contributed by atoms with E-state index in [2.05, 4.69) is 28.1 Å². The highest BCUT2D eigenvalue weighted by atomic mass is 14.8. The lowest BCUT2D eigenvalue weighted by Crippen LogP contribution is -1.69. The quantitative estimate of drug-likeness (QED) is 0.755. The number of H-pyrrole nitrogens is 1. The molecule has 2 heterocycles. The van der Waals surface area contributed by atoms with Gasteiger partial charge in [-0.2, -0.15) is 0 Å². The number of fused-ring (bicyclic) bond motifs is 1. The summed E-state index contributed by atoms with van der Waals surface area (Å²) in [5.74, 6) is 0. The number of hydrogen-bond acceptors (Lipinski definition) is 2. The van der Waals surface area contributed by atoms with Crippen LogP contribution in [0.5, 0.6) is 0 Å². The monoisotopic (exact) mass is 197 g/mol. The summed E-state index contributed by atoms with van der Waals surface area (Å²) in [7, 11) is 0. The summed E-state index contributed by atoms with van der Waals surface area (Å²) < 4.78 is 0. The first kappa shape index (κ1) is 9.40. The minimum Gasteiger partial charge on any atom is -0.352 e. The molecular weight excluding hydrogens is 186 g/mol. The fraction of sp³-hybridized carbons (Fsp3) is 0. The van der Waals surface area contributed by atoms with Gasteiger partial charge in [-0.25, -0.2) is 0 Å². The van der Waals surface area contributed by atoms with Crippen LogP contribution >= 0.6 is 0 Å². The molecule has 0 saturated carbocycles. The number of nitrogens with one attached hydrogen (secondary N) is 1. The number of hydrogen-bond donors (Lipinski definition) is 1. The van der Waals surface area contributed by atoms with E-state index in [4.69, 9.17) is 0 Å². The molecule has 0 aliphatic rings. The topological polar surface area (TPSA) is 41.0 Å². The van der Waals surface area contributed by atoms with Gasteiger partial charge in [0.25, 0.3) is 0 Å². The van der Waals surface area contributed by atoms with Gasteiger partial charge < -0.3 is 4.98 Å². The summed E-state index contributed by atoms with van der Waals surface area (Å²) >= 11 is 0. The van der Waals surface area contributed by atoms with E-state index in [0.29, 0.717) is 0 Å². The van der Waals surface area contributed by atoms with E-state index < -0.39 is 0 Å². The van der Waals surface area contributed by atoms with Crippen molar-refractivity contribution >= 4 is 28.9 Å². The van der Waals surface area contributed by atoms with Crippen molar-refractivity contribution in [2.45, 2.75) is 0 Å². The summed E-state index contributed by atoms with van der Waals surface area (Å²) in [4.78, 5) is 11.5. The minimum atomic E-state index is 0.877. The van der Waals surface area contributed by atoms with Gasteiger partial charge in [0.1, 0.15) is 0 Å². The molecule has 0 aliphatic carbocycles. The number of pyridine rings is 1. The Morgan fingerprint density at radius 1 is 1.40 bits per heavy atom. The number of aliphatic imine (C=N–C) groups is 1. The van der Waals surface area contributed by atoms with Crippen molar-refractivity contribution in [3.05, 3.63) is 43.4 Å². The molecule has 0 atom stereocenters. The van der Waals surface area contributed by atoms with Gasteiger partial charge in [-0.1, -0.05) is 19.2 Å². The molecule has 2 rings (SSSR count). The first-order chi connectivity index (χ1) is 7.36. The average Bonchev–Trinajstić information content (AvgIpc) is 2.64. The fourth-order valence-electron chi connectivity index (χ4n) is 1.46. The maximum absolute atomic E-state index is 4.31. The lowest BCUT2D eigenvalue weighted by molar-refractivity contribution is 1.33. The van der Waals surface area contributed by atoms with Crippen LogP contribution in [0.1, 0.15) is 5.69 Å². The highest BCUT2D eigenvalue weighted by Crippen LogP contribution is 2.30. The number of rotatable bonds is 3. The van der Waals surface area contributed by atoms with Crippen LogP contribution in [0.4, 0.5) is 5.69 Å². The highest BCUT2D eigenvalue weighted by Gasteiger charge is 2.06. The van der Waals surface area contributed by atoms with Gasteiger partial charge in [0.05, 0.1) is 23.1 Å². The van der Waals surface area contributed by atoms with E-state index in [1.165, 1.54) is 0 Å². The van der Waals surface area contributed by atoms with Gasteiger partial charge in [0.2, 0.25) is 0 Å². The molecule has 3 nitrogen and oxygen atoms in total. The van der Waals surface area contributed by atoms with E-state index in [9.17, 15) is 0 Å². The van der Waals surface area contributed by atoms with Crippen LogP contribution in [0.15, 0.2) is 42.7 Å². The molecule has 0 radical (unpaired) electrons. The molecule has 0 aromatic carbocycles. The SMILES string of the molecule is C=CC=Nc1c(C=C)[nH]c2cnccc12. The van der Waals surface area contributed by atoms with Crippen molar-refractivity contribution in [2.24, 2.45) is 4.99 Å². The minimum absolute atomic E-state index is 0.877. The number of allylic oxidation sites excluding steroid dienone is 1. The largest absolute Gasteiger partial charge is 0.352 e. The maximum atomic E-state index is 4.31. The third-order valence-corrected chi connectivity index (χ3v) is 2.11.